The molecule has 0 aliphatic carbocycles. The fourth-order valence-corrected chi connectivity index (χ4v) is 1.06. The van der Waals surface area contributed by atoms with Gasteiger partial charge in [0.1, 0.15) is 5.15 Å². The summed E-state index contributed by atoms with van der Waals surface area (Å²) < 4.78 is 35.8. The van der Waals surface area contributed by atoms with Crippen molar-refractivity contribution in [3.05, 3.63) is 29.0 Å². The van der Waals surface area contributed by atoms with Crippen molar-refractivity contribution in [2.24, 2.45) is 0 Å². The molecule has 0 radical (unpaired) electrons. The molecule has 2 nitrogen and oxygen atoms in total. The quantitative estimate of drug-likeness (QED) is 0.783. The molecular formula is C8H7ClF3NO. The van der Waals surface area contributed by atoms with Crippen molar-refractivity contribution in [3.8, 4) is 0 Å². The molecule has 6 heteroatoms. The number of aromatic nitrogens is 1. The molecule has 0 saturated carbocycles. The van der Waals surface area contributed by atoms with Crippen molar-refractivity contribution in [2.45, 2.75) is 18.7 Å². The second-order valence-corrected chi connectivity index (χ2v) is 3.10. The van der Waals surface area contributed by atoms with E-state index >= 15 is 0 Å². The van der Waals surface area contributed by atoms with Crippen molar-refractivity contribution < 1.29 is 18.3 Å². The molecule has 1 unspecified atom stereocenters. The summed E-state index contributed by atoms with van der Waals surface area (Å²) in [5, 5.41) is 8.83. The summed E-state index contributed by atoms with van der Waals surface area (Å²) in [7, 11) is 0. The van der Waals surface area contributed by atoms with E-state index in [9.17, 15) is 13.2 Å². The van der Waals surface area contributed by atoms with Gasteiger partial charge in [-0.15, -0.1) is 0 Å². The average molecular weight is 226 g/mol. The van der Waals surface area contributed by atoms with E-state index < -0.39 is 18.7 Å². The van der Waals surface area contributed by atoms with Crippen LogP contribution in [0, 0.1) is 0 Å². The van der Waals surface area contributed by atoms with E-state index in [4.69, 9.17) is 16.7 Å². The zero-order chi connectivity index (χ0) is 10.8. The Morgan fingerprint density at radius 1 is 1.43 bits per heavy atom. The van der Waals surface area contributed by atoms with Gasteiger partial charge < -0.3 is 5.11 Å². The first-order chi connectivity index (χ1) is 6.39. The van der Waals surface area contributed by atoms with Crippen LogP contribution in [0.5, 0.6) is 0 Å². The van der Waals surface area contributed by atoms with Gasteiger partial charge in [-0.25, -0.2) is 4.98 Å². The molecule has 0 saturated heterocycles. The Morgan fingerprint density at radius 2 is 2.07 bits per heavy atom. The zero-order valence-electron chi connectivity index (χ0n) is 6.92. The van der Waals surface area contributed by atoms with Gasteiger partial charge in [0.05, 0.1) is 0 Å². The standard InChI is InChI=1S/C8H7ClF3NO/c9-7-3-1-2-5(13-7)4-6(14)8(10,11)12/h1-3,6,14H,4H2. The van der Waals surface area contributed by atoms with E-state index in [1.165, 1.54) is 18.2 Å². The Morgan fingerprint density at radius 3 is 2.57 bits per heavy atom. The van der Waals surface area contributed by atoms with Crippen molar-refractivity contribution in [3.63, 3.8) is 0 Å². The van der Waals surface area contributed by atoms with Gasteiger partial charge in [-0.3, -0.25) is 0 Å². The molecule has 0 aliphatic heterocycles. The Bertz CT molecular complexity index is 316. The number of rotatable bonds is 2. The number of pyridine rings is 1. The van der Waals surface area contributed by atoms with Gasteiger partial charge in [0.25, 0.3) is 0 Å². The molecule has 1 heterocycles. The molecule has 1 aromatic heterocycles. The summed E-state index contributed by atoms with van der Waals surface area (Å²) in [6.45, 7) is 0. The monoisotopic (exact) mass is 225 g/mol. The van der Waals surface area contributed by atoms with Crippen LogP contribution in [0.15, 0.2) is 18.2 Å². The number of hydrogen-bond acceptors (Lipinski definition) is 2. The maximum Gasteiger partial charge on any atom is 0.414 e. The van der Waals surface area contributed by atoms with Gasteiger partial charge in [0.15, 0.2) is 6.10 Å². The van der Waals surface area contributed by atoms with E-state index in [2.05, 4.69) is 4.98 Å². The second-order valence-electron chi connectivity index (χ2n) is 2.71. The minimum Gasteiger partial charge on any atom is -0.383 e. The number of alkyl halides is 3. The molecule has 0 spiro atoms. The van der Waals surface area contributed by atoms with E-state index in [-0.39, 0.29) is 10.8 Å². The smallest absolute Gasteiger partial charge is 0.383 e. The van der Waals surface area contributed by atoms with Crippen molar-refractivity contribution in [2.75, 3.05) is 0 Å². The third-order valence-corrected chi connectivity index (χ3v) is 1.76. The highest BCUT2D eigenvalue weighted by Crippen LogP contribution is 2.22. The van der Waals surface area contributed by atoms with E-state index in [1.54, 1.807) is 0 Å². The molecule has 1 aromatic rings. The van der Waals surface area contributed by atoms with Crippen LogP contribution in [0.25, 0.3) is 0 Å². The van der Waals surface area contributed by atoms with Crippen LogP contribution in [0.4, 0.5) is 13.2 Å². The lowest BCUT2D eigenvalue weighted by Crippen LogP contribution is -2.30. The van der Waals surface area contributed by atoms with Crippen LogP contribution in [-0.2, 0) is 6.42 Å². The van der Waals surface area contributed by atoms with Gasteiger partial charge >= 0.3 is 6.18 Å². The Kier molecular flexibility index (Phi) is 3.34. The number of aliphatic hydroxyl groups excluding tert-OH is 1. The highest BCUT2D eigenvalue weighted by Gasteiger charge is 2.38. The summed E-state index contributed by atoms with van der Waals surface area (Å²) >= 11 is 5.47. The molecule has 1 atom stereocenters. The molecule has 14 heavy (non-hydrogen) atoms. The molecule has 78 valence electrons. The van der Waals surface area contributed by atoms with E-state index in [0.29, 0.717) is 0 Å². The SMILES string of the molecule is OC(Cc1cccc(Cl)n1)C(F)(F)F. The summed E-state index contributed by atoms with van der Waals surface area (Å²) in [6, 6.07) is 4.31. The lowest BCUT2D eigenvalue weighted by atomic mass is 10.2. The molecule has 0 amide bonds. The maximum absolute atomic E-state index is 11.9. The minimum atomic E-state index is -4.62. The second kappa shape index (κ2) is 4.14. The molecule has 0 bridgehead atoms. The topological polar surface area (TPSA) is 33.1 Å². The predicted octanol–water partition coefficient (Wildman–Crippen LogP) is 2.20. The maximum atomic E-state index is 11.9. The number of halogens is 4. The molecule has 0 aromatic carbocycles. The lowest BCUT2D eigenvalue weighted by molar-refractivity contribution is -0.203. The minimum absolute atomic E-state index is 0.108. The van der Waals surface area contributed by atoms with Crippen LogP contribution >= 0.6 is 11.6 Å². The Labute approximate surface area is 83.3 Å². The summed E-state index contributed by atoms with van der Waals surface area (Å²) in [5.74, 6) is 0. The van der Waals surface area contributed by atoms with E-state index in [1.807, 2.05) is 0 Å². The molecular weight excluding hydrogens is 219 g/mol. The average Bonchev–Trinajstić information content (AvgIpc) is 2.02. The third-order valence-electron chi connectivity index (χ3n) is 1.55. The van der Waals surface area contributed by atoms with E-state index in [0.717, 1.165) is 0 Å². The fraction of sp³-hybridized carbons (Fsp3) is 0.375. The number of nitrogens with zero attached hydrogens (tertiary/aromatic N) is 1. The zero-order valence-corrected chi connectivity index (χ0v) is 7.68. The largest absolute Gasteiger partial charge is 0.414 e. The first-order valence-corrected chi connectivity index (χ1v) is 4.13. The summed E-state index contributed by atoms with van der Waals surface area (Å²) in [4.78, 5) is 3.63. The van der Waals surface area contributed by atoms with Crippen LogP contribution in [0.1, 0.15) is 5.69 Å². The van der Waals surface area contributed by atoms with Gasteiger partial charge in [-0.1, -0.05) is 17.7 Å². The van der Waals surface area contributed by atoms with Crippen molar-refractivity contribution in [1.29, 1.82) is 0 Å². The summed E-state index contributed by atoms with van der Waals surface area (Å²) in [6.07, 6.45) is -7.60. The molecule has 0 aliphatic rings. The molecule has 1 N–H and O–H groups in total. The van der Waals surface area contributed by atoms with Crippen molar-refractivity contribution in [1.82, 2.24) is 4.98 Å². The first-order valence-electron chi connectivity index (χ1n) is 3.76. The molecule has 0 fully saturated rings. The van der Waals surface area contributed by atoms with Gasteiger partial charge in [0, 0.05) is 12.1 Å². The number of hydrogen-bond donors (Lipinski definition) is 1. The number of aliphatic hydroxyl groups is 1. The highest BCUT2D eigenvalue weighted by molar-refractivity contribution is 6.29. The predicted molar refractivity (Wildman–Crippen MR) is 45.0 cm³/mol. The highest BCUT2D eigenvalue weighted by atomic mass is 35.5. The summed E-state index contributed by atoms with van der Waals surface area (Å²) in [5.41, 5.74) is 0.113. The lowest BCUT2D eigenvalue weighted by Gasteiger charge is -2.13. The van der Waals surface area contributed by atoms with Gasteiger partial charge in [0.2, 0.25) is 0 Å². The third kappa shape index (κ3) is 3.16. The van der Waals surface area contributed by atoms with Gasteiger partial charge in [-0.05, 0) is 12.1 Å². The normalized spacial score (nSPS) is 14.1. The van der Waals surface area contributed by atoms with Crippen LogP contribution in [-0.4, -0.2) is 22.4 Å². The van der Waals surface area contributed by atoms with Gasteiger partial charge in [-0.2, -0.15) is 13.2 Å². The Hall–Kier alpha value is -0.810. The van der Waals surface area contributed by atoms with Crippen LogP contribution < -0.4 is 0 Å². The molecule has 1 rings (SSSR count). The Balaban J connectivity index is 2.70. The van der Waals surface area contributed by atoms with Crippen molar-refractivity contribution >= 4 is 11.6 Å². The van der Waals surface area contributed by atoms with Crippen LogP contribution in [0.2, 0.25) is 5.15 Å². The van der Waals surface area contributed by atoms with Crippen LogP contribution in [0.3, 0.4) is 0 Å². The first kappa shape index (κ1) is 11.3. The fourth-order valence-electron chi connectivity index (χ4n) is 0.878.